The van der Waals surface area contributed by atoms with Gasteiger partial charge in [0.05, 0.1) is 14.2 Å². The molecule has 0 radical (unpaired) electrons. The number of anilines is 1. The molecule has 0 fully saturated rings. The largest absolute Gasteiger partial charge is 0.493 e. The summed E-state index contributed by atoms with van der Waals surface area (Å²) in [5.41, 5.74) is 9.26. The van der Waals surface area contributed by atoms with Crippen molar-refractivity contribution in [1.29, 1.82) is 0 Å². The Morgan fingerprint density at radius 3 is 2.48 bits per heavy atom. The van der Waals surface area contributed by atoms with E-state index in [4.69, 9.17) is 27.4 Å². The van der Waals surface area contributed by atoms with Crippen LogP contribution in [-0.2, 0) is 6.42 Å². The summed E-state index contributed by atoms with van der Waals surface area (Å²) < 4.78 is 12.8. The van der Waals surface area contributed by atoms with Gasteiger partial charge in [-0.3, -0.25) is 9.36 Å². The van der Waals surface area contributed by atoms with Gasteiger partial charge < -0.3 is 20.5 Å². The van der Waals surface area contributed by atoms with Crippen LogP contribution in [0.2, 0.25) is 0 Å². The van der Waals surface area contributed by atoms with E-state index in [9.17, 15) is 4.79 Å². The number of aryl methyl sites for hydroxylation is 1. The third-order valence-corrected chi connectivity index (χ3v) is 5.88. The van der Waals surface area contributed by atoms with Crippen molar-refractivity contribution >= 4 is 35.3 Å². The lowest BCUT2D eigenvalue weighted by Gasteiger charge is -2.10. The van der Waals surface area contributed by atoms with Crippen LogP contribution in [0.5, 0.6) is 11.5 Å². The zero-order chi connectivity index (χ0) is 21.0. The van der Waals surface area contributed by atoms with Gasteiger partial charge >= 0.3 is 0 Å². The molecule has 0 bridgehead atoms. The first-order valence-corrected chi connectivity index (χ1v) is 10.2. The summed E-state index contributed by atoms with van der Waals surface area (Å²) in [5.74, 6) is 1.46. The number of nitrogens with one attached hydrogen (secondary N) is 1. The minimum atomic E-state index is -0.232. The Morgan fingerprint density at radius 1 is 1.14 bits per heavy atom. The van der Waals surface area contributed by atoms with Crippen LogP contribution in [0.25, 0.3) is 5.69 Å². The van der Waals surface area contributed by atoms with Crippen LogP contribution >= 0.6 is 23.6 Å². The molecule has 6 nitrogen and oxygen atoms in total. The maximum absolute atomic E-state index is 12.6. The molecule has 0 aliphatic rings. The fourth-order valence-corrected chi connectivity index (χ4v) is 4.21. The van der Waals surface area contributed by atoms with E-state index >= 15 is 0 Å². The van der Waals surface area contributed by atoms with Crippen LogP contribution in [0.3, 0.4) is 0 Å². The van der Waals surface area contributed by atoms with Crippen molar-refractivity contribution in [1.82, 2.24) is 9.88 Å². The Bertz CT molecular complexity index is 1070. The first kappa shape index (κ1) is 20.9. The van der Waals surface area contributed by atoms with Crippen LogP contribution < -0.4 is 20.5 Å². The highest BCUT2D eigenvalue weighted by molar-refractivity contribution is 7.73. The van der Waals surface area contributed by atoms with Gasteiger partial charge in [0.15, 0.2) is 15.5 Å². The SMILES string of the molecule is COc1ccc(CCNC(=O)c2sc(=S)n(-c3ccc(C)cc3)c2N)cc1OC. The summed E-state index contributed by atoms with van der Waals surface area (Å²) in [6.45, 7) is 2.47. The summed E-state index contributed by atoms with van der Waals surface area (Å²) >= 11 is 6.64. The highest BCUT2D eigenvalue weighted by atomic mass is 32.1. The molecular weight excluding hydrogens is 406 g/mol. The molecule has 1 amide bonds. The zero-order valence-electron chi connectivity index (χ0n) is 16.5. The molecule has 2 aromatic carbocycles. The van der Waals surface area contributed by atoms with Gasteiger partial charge in [0.25, 0.3) is 5.91 Å². The van der Waals surface area contributed by atoms with Crippen molar-refractivity contribution in [2.75, 3.05) is 26.5 Å². The lowest BCUT2D eigenvalue weighted by Crippen LogP contribution is -2.26. The quantitative estimate of drug-likeness (QED) is 0.552. The smallest absolute Gasteiger partial charge is 0.265 e. The lowest BCUT2D eigenvalue weighted by molar-refractivity contribution is 0.0958. The second kappa shape index (κ2) is 9.11. The number of hydrogen-bond donors (Lipinski definition) is 2. The van der Waals surface area contributed by atoms with E-state index in [1.54, 1.807) is 18.8 Å². The number of carbonyl (C=O) groups is 1. The fourth-order valence-electron chi connectivity index (χ4n) is 2.92. The summed E-state index contributed by atoms with van der Waals surface area (Å²) in [4.78, 5) is 13.1. The summed E-state index contributed by atoms with van der Waals surface area (Å²) in [6, 6.07) is 13.5. The monoisotopic (exact) mass is 429 g/mol. The number of hydrogen-bond acceptors (Lipinski definition) is 6. The number of benzene rings is 2. The molecule has 8 heteroatoms. The Labute approximate surface area is 178 Å². The van der Waals surface area contributed by atoms with Gasteiger partial charge in [0, 0.05) is 12.2 Å². The number of rotatable bonds is 7. The van der Waals surface area contributed by atoms with Crippen molar-refractivity contribution in [3.8, 4) is 17.2 Å². The number of nitrogens with zero attached hydrogens (tertiary/aromatic N) is 1. The third-order valence-electron chi connectivity index (χ3n) is 4.49. The number of amides is 1. The number of carbonyl (C=O) groups excluding carboxylic acids is 1. The lowest BCUT2D eigenvalue weighted by atomic mass is 10.1. The molecule has 0 unspecified atom stereocenters. The number of methoxy groups -OCH3 is 2. The summed E-state index contributed by atoms with van der Waals surface area (Å²) in [5, 5.41) is 2.92. The summed E-state index contributed by atoms with van der Waals surface area (Å²) in [7, 11) is 3.19. The average Bonchev–Trinajstić information content (AvgIpc) is 3.02. The number of ether oxygens (including phenoxy) is 2. The Balaban J connectivity index is 1.70. The van der Waals surface area contributed by atoms with Gasteiger partial charge in [0.1, 0.15) is 10.7 Å². The molecule has 0 atom stereocenters. The van der Waals surface area contributed by atoms with Crippen LogP contribution in [0.1, 0.15) is 20.8 Å². The average molecular weight is 430 g/mol. The van der Waals surface area contributed by atoms with Gasteiger partial charge in [-0.25, -0.2) is 0 Å². The maximum Gasteiger partial charge on any atom is 0.265 e. The van der Waals surface area contributed by atoms with Crippen LogP contribution in [-0.4, -0.2) is 31.2 Å². The third kappa shape index (κ3) is 4.60. The first-order valence-electron chi connectivity index (χ1n) is 9.02. The van der Waals surface area contributed by atoms with E-state index in [1.807, 2.05) is 49.4 Å². The fraction of sp³-hybridized carbons (Fsp3) is 0.238. The maximum atomic E-state index is 12.6. The van der Waals surface area contributed by atoms with Gasteiger partial charge in [-0.05, 0) is 55.4 Å². The molecule has 0 aliphatic carbocycles. The van der Waals surface area contributed by atoms with Crippen molar-refractivity contribution in [3.05, 3.63) is 62.4 Å². The molecule has 1 heterocycles. The normalized spacial score (nSPS) is 10.6. The predicted octanol–water partition coefficient (Wildman–Crippen LogP) is 4.15. The molecule has 0 saturated carbocycles. The van der Waals surface area contributed by atoms with Gasteiger partial charge in [-0.15, -0.1) is 0 Å². The number of thiazole rings is 1. The molecule has 3 rings (SSSR count). The van der Waals surface area contributed by atoms with Gasteiger partial charge in [0.2, 0.25) is 0 Å². The van der Waals surface area contributed by atoms with E-state index in [0.717, 1.165) is 16.8 Å². The van der Waals surface area contributed by atoms with E-state index < -0.39 is 0 Å². The van der Waals surface area contributed by atoms with Crippen molar-refractivity contribution in [3.63, 3.8) is 0 Å². The molecule has 29 heavy (non-hydrogen) atoms. The zero-order valence-corrected chi connectivity index (χ0v) is 18.2. The van der Waals surface area contributed by atoms with Gasteiger partial charge in [-0.1, -0.05) is 35.1 Å². The standard InChI is InChI=1S/C21H23N3O3S2/c1-13-4-7-15(8-5-13)24-19(22)18(29-21(24)28)20(25)23-11-10-14-6-9-16(26-2)17(12-14)27-3/h4-9,12H,10-11,22H2,1-3H3,(H,23,25). The van der Waals surface area contributed by atoms with Crippen LogP contribution in [0.4, 0.5) is 5.82 Å². The molecule has 1 aromatic heterocycles. The second-order valence-electron chi connectivity index (χ2n) is 6.45. The van der Waals surface area contributed by atoms with Crippen molar-refractivity contribution in [2.45, 2.75) is 13.3 Å². The number of nitrogens with two attached hydrogens (primary N) is 1. The van der Waals surface area contributed by atoms with Crippen molar-refractivity contribution < 1.29 is 14.3 Å². The molecule has 0 saturated heterocycles. The molecular formula is C21H23N3O3S2. The topological polar surface area (TPSA) is 78.5 Å². The Kier molecular flexibility index (Phi) is 6.56. The van der Waals surface area contributed by atoms with Crippen molar-refractivity contribution in [2.24, 2.45) is 0 Å². The highest BCUT2D eigenvalue weighted by Gasteiger charge is 2.18. The molecule has 152 valence electrons. The van der Waals surface area contributed by atoms with Gasteiger partial charge in [-0.2, -0.15) is 0 Å². The Morgan fingerprint density at radius 2 is 1.83 bits per heavy atom. The van der Waals surface area contributed by atoms with E-state index in [-0.39, 0.29) is 5.91 Å². The molecule has 0 aliphatic heterocycles. The predicted molar refractivity (Wildman–Crippen MR) is 119 cm³/mol. The minimum Gasteiger partial charge on any atom is -0.493 e. The summed E-state index contributed by atoms with van der Waals surface area (Å²) in [6.07, 6.45) is 0.649. The minimum absolute atomic E-state index is 0.232. The highest BCUT2D eigenvalue weighted by Crippen LogP contribution is 2.28. The van der Waals surface area contributed by atoms with E-state index in [0.29, 0.717) is 39.1 Å². The Hall–Kier alpha value is -2.84. The van der Waals surface area contributed by atoms with Crippen LogP contribution in [0, 0.1) is 10.9 Å². The van der Waals surface area contributed by atoms with Crippen LogP contribution in [0.15, 0.2) is 42.5 Å². The first-order chi connectivity index (χ1) is 13.9. The number of aromatic nitrogens is 1. The number of nitrogen functional groups attached to an aromatic ring is 1. The molecule has 3 aromatic rings. The van der Waals surface area contributed by atoms with E-state index in [2.05, 4.69) is 5.32 Å². The van der Waals surface area contributed by atoms with E-state index in [1.165, 1.54) is 11.3 Å². The second-order valence-corrected chi connectivity index (χ2v) is 8.09. The molecule has 0 spiro atoms. The molecule has 3 N–H and O–H groups in total.